The van der Waals surface area contributed by atoms with Crippen molar-refractivity contribution in [1.29, 1.82) is 0 Å². The lowest BCUT2D eigenvalue weighted by molar-refractivity contribution is -0.118. The Morgan fingerprint density at radius 2 is 1.92 bits per heavy atom. The van der Waals surface area contributed by atoms with Gasteiger partial charge in [0, 0.05) is 11.7 Å². The predicted molar refractivity (Wildman–Crippen MR) is 94.5 cm³/mol. The molecule has 0 unspecified atom stereocenters. The third-order valence-electron chi connectivity index (χ3n) is 4.26. The smallest absolute Gasteiger partial charge is 0.241 e. The molecule has 1 aliphatic rings. The number of rotatable bonds is 6. The third-order valence-corrected chi connectivity index (χ3v) is 4.55. The fourth-order valence-corrected chi connectivity index (χ4v) is 2.94. The molecule has 2 aromatic rings. The fourth-order valence-electron chi connectivity index (χ4n) is 2.76. The molecule has 1 aliphatic carbocycles. The summed E-state index contributed by atoms with van der Waals surface area (Å²) in [4.78, 5) is 12.4. The van der Waals surface area contributed by atoms with Crippen LogP contribution < -0.4 is 10.6 Å². The molecule has 2 atom stereocenters. The van der Waals surface area contributed by atoms with E-state index in [2.05, 4.69) is 22.8 Å². The Labute approximate surface area is 146 Å². The van der Waals surface area contributed by atoms with Crippen molar-refractivity contribution in [2.75, 3.05) is 5.32 Å². The Kier molecular flexibility index (Phi) is 5.17. The highest BCUT2D eigenvalue weighted by Gasteiger charge is 2.33. The summed E-state index contributed by atoms with van der Waals surface area (Å²) >= 11 is 5.75. The summed E-state index contributed by atoms with van der Waals surface area (Å²) in [6, 6.07) is 14.1. The number of amides is 1. The van der Waals surface area contributed by atoms with E-state index >= 15 is 0 Å². The summed E-state index contributed by atoms with van der Waals surface area (Å²) < 4.78 is 13.2. The second-order valence-corrected chi connectivity index (χ2v) is 6.64. The van der Waals surface area contributed by atoms with Crippen LogP contribution in [-0.4, -0.2) is 11.9 Å². The maximum absolute atomic E-state index is 13.2. The van der Waals surface area contributed by atoms with Crippen LogP contribution in [0.2, 0.25) is 5.02 Å². The van der Waals surface area contributed by atoms with E-state index in [0.29, 0.717) is 11.6 Å². The molecule has 0 aliphatic heterocycles. The Morgan fingerprint density at radius 3 is 2.54 bits per heavy atom. The summed E-state index contributed by atoms with van der Waals surface area (Å²) in [6.45, 7) is 1.83. The molecular weight excluding hydrogens is 327 g/mol. The Hall–Kier alpha value is -1.91. The van der Waals surface area contributed by atoms with Crippen LogP contribution in [0.4, 0.5) is 10.1 Å². The lowest BCUT2D eigenvalue weighted by atomic mass is 10.0. The highest BCUT2D eigenvalue weighted by Crippen LogP contribution is 2.41. The average molecular weight is 347 g/mol. The fraction of sp³-hybridized carbons (Fsp3) is 0.316. The Morgan fingerprint density at radius 1 is 1.21 bits per heavy atom. The van der Waals surface area contributed by atoms with Gasteiger partial charge in [-0.1, -0.05) is 41.9 Å². The van der Waals surface area contributed by atoms with Gasteiger partial charge < -0.3 is 5.32 Å². The maximum atomic E-state index is 13.2. The van der Waals surface area contributed by atoms with E-state index in [1.54, 1.807) is 0 Å². The minimum atomic E-state index is -0.501. The van der Waals surface area contributed by atoms with Crippen molar-refractivity contribution in [2.24, 2.45) is 5.92 Å². The van der Waals surface area contributed by atoms with Crippen molar-refractivity contribution >= 4 is 23.2 Å². The standard InChI is InChI=1S/C19H20ClFN2O/c1-12(19(24)23-15-9-10-17(21)16(20)11-15)22-18(14-7-8-14)13-5-3-2-4-6-13/h2-6,9-12,14,18,22H,7-8H2,1H3,(H,23,24)/t12-,18+/m1/s1. The topological polar surface area (TPSA) is 41.1 Å². The predicted octanol–water partition coefficient (Wildman–Crippen LogP) is 4.55. The number of hydrogen-bond acceptors (Lipinski definition) is 2. The van der Waals surface area contributed by atoms with Crippen molar-refractivity contribution in [3.8, 4) is 0 Å². The van der Waals surface area contributed by atoms with E-state index in [1.807, 2.05) is 25.1 Å². The highest BCUT2D eigenvalue weighted by molar-refractivity contribution is 6.31. The number of halogens is 2. The monoisotopic (exact) mass is 346 g/mol. The molecule has 2 aromatic carbocycles. The molecule has 3 rings (SSSR count). The lowest BCUT2D eigenvalue weighted by Crippen LogP contribution is -2.40. The van der Waals surface area contributed by atoms with Crippen LogP contribution in [0.1, 0.15) is 31.4 Å². The van der Waals surface area contributed by atoms with Gasteiger partial charge >= 0.3 is 0 Å². The van der Waals surface area contributed by atoms with Crippen LogP contribution in [0.25, 0.3) is 0 Å². The molecule has 2 N–H and O–H groups in total. The quantitative estimate of drug-likeness (QED) is 0.805. The molecule has 1 saturated carbocycles. The molecule has 0 bridgehead atoms. The van der Waals surface area contributed by atoms with Gasteiger partial charge in [-0.2, -0.15) is 0 Å². The van der Waals surface area contributed by atoms with Gasteiger partial charge in [0.25, 0.3) is 0 Å². The molecule has 0 heterocycles. The van der Waals surface area contributed by atoms with Gasteiger partial charge in [0.2, 0.25) is 5.91 Å². The maximum Gasteiger partial charge on any atom is 0.241 e. The first-order valence-corrected chi connectivity index (χ1v) is 8.49. The van der Waals surface area contributed by atoms with Crippen molar-refractivity contribution in [3.05, 3.63) is 64.9 Å². The van der Waals surface area contributed by atoms with Crippen molar-refractivity contribution < 1.29 is 9.18 Å². The van der Waals surface area contributed by atoms with Gasteiger partial charge in [0.15, 0.2) is 0 Å². The van der Waals surface area contributed by atoms with Crippen molar-refractivity contribution in [2.45, 2.75) is 31.8 Å². The minimum Gasteiger partial charge on any atom is -0.325 e. The number of nitrogens with one attached hydrogen (secondary N) is 2. The zero-order chi connectivity index (χ0) is 17.1. The van der Waals surface area contributed by atoms with Gasteiger partial charge in [-0.3, -0.25) is 10.1 Å². The summed E-state index contributed by atoms with van der Waals surface area (Å²) in [5, 5.41) is 6.19. The zero-order valence-electron chi connectivity index (χ0n) is 13.4. The average Bonchev–Trinajstić information content (AvgIpc) is 3.41. The van der Waals surface area contributed by atoms with Crippen LogP contribution in [-0.2, 0) is 4.79 Å². The van der Waals surface area contributed by atoms with Crippen LogP contribution in [0, 0.1) is 11.7 Å². The first kappa shape index (κ1) is 16.9. The van der Waals surface area contributed by atoms with Gasteiger partial charge in [0.1, 0.15) is 5.82 Å². The van der Waals surface area contributed by atoms with Crippen LogP contribution in [0.3, 0.4) is 0 Å². The van der Waals surface area contributed by atoms with E-state index in [4.69, 9.17) is 11.6 Å². The zero-order valence-corrected chi connectivity index (χ0v) is 14.2. The minimum absolute atomic E-state index is 0.00597. The van der Waals surface area contributed by atoms with Crippen LogP contribution in [0.5, 0.6) is 0 Å². The summed E-state index contributed by atoms with van der Waals surface area (Å²) in [5.41, 5.74) is 1.69. The number of hydrogen-bond donors (Lipinski definition) is 2. The number of benzene rings is 2. The van der Waals surface area contributed by atoms with E-state index in [-0.39, 0.29) is 23.0 Å². The Bertz CT molecular complexity index is 719. The van der Waals surface area contributed by atoms with Gasteiger partial charge in [0.05, 0.1) is 11.1 Å². The Balaban J connectivity index is 1.65. The van der Waals surface area contributed by atoms with E-state index in [1.165, 1.54) is 36.6 Å². The summed E-state index contributed by atoms with van der Waals surface area (Å²) in [5.74, 6) is -0.0964. The van der Waals surface area contributed by atoms with Crippen LogP contribution in [0.15, 0.2) is 48.5 Å². The van der Waals surface area contributed by atoms with Crippen molar-refractivity contribution in [1.82, 2.24) is 5.32 Å². The first-order valence-electron chi connectivity index (χ1n) is 8.11. The molecule has 3 nitrogen and oxygen atoms in total. The second kappa shape index (κ2) is 7.32. The molecule has 126 valence electrons. The molecule has 1 fully saturated rings. The van der Waals surface area contributed by atoms with Gasteiger partial charge in [-0.05, 0) is 49.4 Å². The molecule has 0 spiro atoms. The number of anilines is 1. The van der Waals surface area contributed by atoms with Gasteiger partial charge in [-0.25, -0.2) is 4.39 Å². The third kappa shape index (κ3) is 4.13. The number of carbonyl (C=O) groups is 1. The molecule has 0 radical (unpaired) electrons. The first-order chi connectivity index (χ1) is 11.5. The van der Waals surface area contributed by atoms with Crippen LogP contribution >= 0.6 is 11.6 Å². The molecular formula is C19H20ClFN2O. The normalized spacial score (nSPS) is 16.5. The number of carbonyl (C=O) groups excluding carboxylic acids is 1. The molecule has 5 heteroatoms. The van der Waals surface area contributed by atoms with E-state index in [9.17, 15) is 9.18 Å². The van der Waals surface area contributed by atoms with Gasteiger partial charge in [-0.15, -0.1) is 0 Å². The molecule has 0 aromatic heterocycles. The summed E-state index contributed by atoms with van der Waals surface area (Å²) in [6.07, 6.45) is 2.35. The lowest BCUT2D eigenvalue weighted by Gasteiger charge is -2.23. The van der Waals surface area contributed by atoms with E-state index in [0.717, 1.165) is 0 Å². The second-order valence-electron chi connectivity index (χ2n) is 6.23. The highest BCUT2D eigenvalue weighted by atomic mass is 35.5. The van der Waals surface area contributed by atoms with Crippen molar-refractivity contribution in [3.63, 3.8) is 0 Å². The molecule has 0 saturated heterocycles. The molecule has 24 heavy (non-hydrogen) atoms. The molecule has 1 amide bonds. The summed E-state index contributed by atoms with van der Waals surface area (Å²) in [7, 11) is 0. The van der Waals surface area contributed by atoms with E-state index < -0.39 is 5.82 Å². The SMILES string of the molecule is C[C@@H](N[C@@H](c1ccccc1)C1CC1)C(=O)Nc1ccc(F)c(Cl)c1. The largest absolute Gasteiger partial charge is 0.325 e.